The Bertz CT molecular complexity index is 703. The van der Waals surface area contributed by atoms with Crippen molar-refractivity contribution in [3.8, 4) is 0 Å². The highest BCUT2D eigenvalue weighted by atomic mass is 32.1. The zero-order chi connectivity index (χ0) is 19.5. The van der Waals surface area contributed by atoms with E-state index in [1.807, 2.05) is 4.90 Å². The molecule has 0 aromatic carbocycles. The van der Waals surface area contributed by atoms with Gasteiger partial charge in [0.2, 0.25) is 5.91 Å². The molecule has 2 fully saturated rings. The van der Waals surface area contributed by atoms with Crippen LogP contribution in [0.4, 0.5) is 0 Å². The first-order chi connectivity index (χ1) is 13.7. The van der Waals surface area contributed by atoms with Gasteiger partial charge in [-0.25, -0.2) is 0 Å². The van der Waals surface area contributed by atoms with Crippen LogP contribution in [0.25, 0.3) is 0 Å². The van der Waals surface area contributed by atoms with Crippen LogP contribution in [-0.4, -0.2) is 72.3 Å². The summed E-state index contributed by atoms with van der Waals surface area (Å²) in [6.07, 6.45) is 7.41. The standard InChI is InChI=1S/C22H33N3O2S/c1-2-3-8-23-11-13-25(14-12-23)21(26)17-6-7-19-18(15-17)16-20(28-19)22(27)24-9-4-5-10-24/h16-17H,2-15H2,1H3. The Balaban J connectivity index is 1.33. The molecule has 3 heterocycles. The predicted molar refractivity (Wildman–Crippen MR) is 113 cm³/mol. The average Bonchev–Trinajstić information content (AvgIpc) is 3.41. The van der Waals surface area contributed by atoms with Gasteiger partial charge >= 0.3 is 0 Å². The van der Waals surface area contributed by atoms with Crippen LogP contribution in [0.3, 0.4) is 0 Å². The van der Waals surface area contributed by atoms with Gasteiger partial charge in [0.05, 0.1) is 4.88 Å². The second-order valence-electron chi connectivity index (χ2n) is 8.52. The van der Waals surface area contributed by atoms with Crippen LogP contribution < -0.4 is 0 Å². The van der Waals surface area contributed by atoms with E-state index in [1.165, 1.54) is 23.3 Å². The Kier molecular flexibility index (Phi) is 6.36. The lowest BCUT2D eigenvalue weighted by atomic mass is 9.87. The predicted octanol–water partition coefficient (Wildman–Crippen LogP) is 3.03. The number of nitrogens with zero attached hydrogens (tertiary/aromatic N) is 3. The smallest absolute Gasteiger partial charge is 0.263 e. The van der Waals surface area contributed by atoms with Gasteiger partial charge in [0, 0.05) is 50.1 Å². The normalized spacial score (nSPS) is 23.1. The molecule has 5 nitrogen and oxygen atoms in total. The molecule has 0 radical (unpaired) electrons. The molecule has 2 saturated heterocycles. The summed E-state index contributed by atoms with van der Waals surface area (Å²) >= 11 is 1.66. The summed E-state index contributed by atoms with van der Waals surface area (Å²) < 4.78 is 0. The van der Waals surface area contributed by atoms with Gasteiger partial charge in [-0.05, 0) is 56.7 Å². The SMILES string of the molecule is CCCCN1CCN(C(=O)C2CCc3sc(C(=O)N4CCCC4)cc3C2)CC1. The number of hydrogen-bond acceptors (Lipinski definition) is 4. The highest BCUT2D eigenvalue weighted by Crippen LogP contribution is 2.34. The largest absolute Gasteiger partial charge is 0.340 e. The van der Waals surface area contributed by atoms with E-state index in [1.54, 1.807) is 11.3 Å². The fourth-order valence-corrected chi connectivity index (χ4v) is 5.92. The van der Waals surface area contributed by atoms with Crippen LogP contribution in [0.5, 0.6) is 0 Å². The van der Waals surface area contributed by atoms with Crippen molar-refractivity contribution in [3.63, 3.8) is 0 Å². The van der Waals surface area contributed by atoms with E-state index in [9.17, 15) is 9.59 Å². The van der Waals surface area contributed by atoms with Crippen LogP contribution in [-0.2, 0) is 17.6 Å². The highest BCUT2D eigenvalue weighted by molar-refractivity contribution is 7.14. The number of likely N-dealkylation sites (tertiary alicyclic amines) is 1. The second kappa shape index (κ2) is 8.95. The number of hydrogen-bond donors (Lipinski definition) is 0. The maximum Gasteiger partial charge on any atom is 0.263 e. The van der Waals surface area contributed by atoms with Crippen LogP contribution in [0.2, 0.25) is 0 Å². The lowest BCUT2D eigenvalue weighted by Crippen LogP contribution is -2.51. The van der Waals surface area contributed by atoms with Crippen molar-refractivity contribution in [2.24, 2.45) is 5.92 Å². The van der Waals surface area contributed by atoms with Crippen molar-refractivity contribution in [1.29, 1.82) is 0 Å². The fraction of sp³-hybridized carbons (Fsp3) is 0.727. The molecular weight excluding hydrogens is 370 g/mol. The maximum atomic E-state index is 13.1. The number of thiophene rings is 1. The summed E-state index contributed by atoms with van der Waals surface area (Å²) in [5.41, 5.74) is 1.25. The van der Waals surface area contributed by atoms with Gasteiger partial charge in [-0.3, -0.25) is 14.5 Å². The molecule has 1 aliphatic carbocycles. The van der Waals surface area contributed by atoms with Gasteiger partial charge in [-0.15, -0.1) is 11.3 Å². The second-order valence-corrected chi connectivity index (χ2v) is 9.66. The lowest BCUT2D eigenvalue weighted by Gasteiger charge is -2.37. The van der Waals surface area contributed by atoms with E-state index in [0.29, 0.717) is 5.91 Å². The lowest BCUT2D eigenvalue weighted by molar-refractivity contribution is -0.137. The number of piperazine rings is 1. The third-order valence-electron chi connectivity index (χ3n) is 6.55. The molecule has 1 unspecified atom stereocenters. The van der Waals surface area contributed by atoms with Gasteiger partial charge in [0.15, 0.2) is 0 Å². The van der Waals surface area contributed by atoms with Crippen molar-refractivity contribution in [1.82, 2.24) is 14.7 Å². The van der Waals surface area contributed by atoms with Crippen molar-refractivity contribution >= 4 is 23.2 Å². The summed E-state index contributed by atoms with van der Waals surface area (Å²) in [5, 5.41) is 0. The van der Waals surface area contributed by atoms with Gasteiger partial charge < -0.3 is 9.80 Å². The monoisotopic (exact) mass is 403 g/mol. The molecule has 2 aliphatic heterocycles. The van der Waals surface area contributed by atoms with Crippen LogP contribution >= 0.6 is 11.3 Å². The molecule has 0 bridgehead atoms. The molecule has 28 heavy (non-hydrogen) atoms. The number of fused-ring (bicyclic) bond motifs is 1. The Morgan fingerprint density at radius 2 is 1.82 bits per heavy atom. The number of amides is 2. The van der Waals surface area contributed by atoms with Gasteiger partial charge in [0.25, 0.3) is 5.91 Å². The molecule has 0 spiro atoms. The van der Waals surface area contributed by atoms with E-state index < -0.39 is 0 Å². The van der Waals surface area contributed by atoms with E-state index in [2.05, 4.69) is 22.8 Å². The summed E-state index contributed by atoms with van der Waals surface area (Å²) in [6.45, 7) is 8.94. The topological polar surface area (TPSA) is 43.9 Å². The number of carbonyl (C=O) groups excluding carboxylic acids is 2. The Hall–Kier alpha value is -1.40. The first kappa shape index (κ1) is 19.9. The first-order valence-corrected chi connectivity index (χ1v) is 11.9. The Labute approximate surface area is 172 Å². The quantitative estimate of drug-likeness (QED) is 0.759. The summed E-state index contributed by atoms with van der Waals surface area (Å²) in [6, 6.07) is 2.09. The molecule has 1 aromatic rings. The molecular formula is C22H33N3O2S. The number of aryl methyl sites for hydroxylation is 1. The van der Waals surface area contributed by atoms with Crippen molar-refractivity contribution in [2.75, 3.05) is 45.8 Å². The minimum atomic E-state index is 0.0963. The molecule has 0 saturated carbocycles. The zero-order valence-electron chi connectivity index (χ0n) is 17.1. The van der Waals surface area contributed by atoms with Crippen molar-refractivity contribution in [3.05, 3.63) is 21.4 Å². The minimum absolute atomic E-state index is 0.0963. The molecule has 1 aromatic heterocycles. The molecule has 6 heteroatoms. The molecule has 0 N–H and O–H groups in total. The molecule has 3 aliphatic rings. The van der Waals surface area contributed by atoms with Gasteiger partial charge in [-0.2, -0.15) is 0 Å². The zero-order valence-corrected chi connectivity index (χ0v) is 17.9. The molecule has 2 amide bonds. The van der Waals surface area contributed by atoms with Gasteiger partial charge in [-0.1, -0.05) is 13.3 Å². The van der Waals surface area contributed by atoms with Crippen LogP contribution in [0.1, 0.15) is 59.1 Å². The summed E-state index contributed by atoms with van der Waals surface area (Å²) in [4.78, 5) is 34.5. The fourth-order valence-electron chi connectivity index (χ4n) is 4.75. The van der Waals surface area contributed by atoms with Crippen LogP contribution in [0, 0.1) is 5.92 Å². The third-order valence-corrected chi connectivity index (χ3v) is 7.77. The molecule has 1 atom stereocenters. The Morgan fingerprint density at radius 1 is 1.07 bits per heavy atom. The van der Waals surface area contributed by atoms with E-state index in [4.69, 9.17) is 0 Å². The maximum absolute atomic E-state index is 13.1. The third kappa shape index (κ3) is 4.28. The highest BCUT2D eigenvalue weighted by Gasteiger charge is 2.32. The molecule has 154 valence electrons. The summed E-state index contributed by atoms with van der Waals surface area (Å²) in [7, 11) is 0. The number of carbonyl (C=O) groups is 2. The van der Waals surface area contributed by atoms with Gasteiger partial charge in [0.1, 0.15) is 0 Å². The van der Waals surface area contributed by atoms with Crippen LogP contribution in [0.15, 0.2) is 6.07 Å². The number of rotatable bonds is 5. The average molecular weight is 404 g/mol. The molecule has 4 rings (SSSR count). The number of unbranched alkanes of at least 4 members (excludes halogenated alkanes) is 1. The first-order valence-electron chi connectivity index (χ1n) is 11.1. The van der Waals surface area contributed by atoms with E-state index in [0.717, 1.165) is 82.8 Å². The van der Waals surface area contributed by atoms with Crippen molar-refractivity contribution < 1.29 is 9.59 Å². The summed E-state index contributed by atoms with van der Waals surface area (Å²) in [5.74, 6) is 0.626. The van der Waals surface area contributed by atoms with Crippen molar-refractivity contribution in [2.45, 2.75) is 51.9 Å². The van der Waals surface area contributed by atoms with E-state index in [-0.39, 0.29) is 11.8 Å². The van der Waals surface area contributed by atoms with E-state index >= 15 is 0 Å². The minimum Gasteiger partial charge on any atom is -0.340 e. The Morgan fingerprint density at radius 3 is 2.54 bits per heavy atom.